The summed E-state index contributed by atoms with van der Waals surface area (Å²) in [5.74, 6) is -0.360. The van der Waals surface area contributed by atoms with E-state index in [4.69, 9.17) is 9.47 Å². The number of ether oxygens (including phenoxy) is 2. The number of esters is 2. The van der Waals surface area contributed by atoms with E-state index in [-0.39, 0.29) is 17.2 Å². The highest BCUT2D eigenvalue weighted by molar-refractivity contribution is 6.03. The van der Waals surface area contributed by atoms with Crippen molar-refractivity contribution >= 4 is 11.9 Å². The van der Waals surface area contributed by atoms with Crippen LogP contribution in [0.5, 0.6) is 0 Å². The maximum Gasteiger partial charge on any atom is 0.339 e. The first kappa shape index (κ1) is 19.2. The summed E-state index contributed by atoms with van der Waals surface area (Å²) in [5.41, 5.74) is 0.537. The van der Waals surface area contributed by atoms with Gasteiger partial charge in [0.2, 0.25) is 0 Å². The highest BCUT2D eigenvalue weighted by Crippen LogP contribution is 2.15. The zero-order valence-corrected chi connectivity index (χ0v) is 14.6. The summed E-state index contributed by atoms with van der Waals surface area (Å²) in [6.07, 6.45) is 3.40. The molecule has 0 heterocycles. The maximum absolute atomic E-state index is 12.2. The molecule has 0 amide bonds. The summed E-state index contributed by atoms with van der Waals surface area (Å²) in [5, 5.41) is 0. The van der Waals surface area contributed by atoms with Gasteiger partial charge in [0.15, 0.2) is 0 Å². The molecule has 0 fully saturated rings. The van der Waals surface area contributed by atoms with Crippen molar-refractivity contribution in [2.24, 2.45) is 5.92 Å². The molecule has 0 bridgehead atoms. The van der Waals surface area contributed by atoms with Gasteiger partial charge >= 0.3 is 11.9 Å². The molecule has 4 heteroatoms. The van der Waals surface area contributed by atoms with Gasteiger partial charge in [-0.25, -0.2) is 9.59 Å². The van der Waals surface area contributed by atoms with Crippen LogP contribution in [-0.2, 0) is 9.47 Å². The van der Waals surface area contributed by atoms with E-state index in [1.807, 2.05) is 13.8 Å². The number of carbonyl (C=O) groups excluding carboxylic acids is 2. The van der Waals surface area contributed by atoms with Crippen LogP contribution in [0.25, 0.3) is 0 Å². The standard InChI is InChI=1S/C19H28O4/c1-5-9-15(4)23-19(21)17-12-7-6-11-16(17)18(20)22-13-8-10-14(2)3/h6-7,11-12,14-15H,5,8-10,13H2,1-4H3. The van der Waals surface area contributed by atoms with Gasteiger partial charge in [0.1, 0.15) is 0 Å². The van der Waals surface area contributed by atoms with E-state index in [1.165, 1.54) is 0 Å². The number of carbonyl (C=O) groups is 2. The minimum absolute atomic E-state index is 0.164. The first-order valence-corrected chi connectivity index (χ1v) is 8.42. The number of hydrogen-bond donors (Lipinski definition) is 0. The summed E-state index contributed by atoms with van der Waals surface area (Å²) in [4.78, 5) is 24.4. The van der Waals surface area contributed by atoms with E-state index < -0.39 is 11.9 Å². The smallest absolute Gasteiger partial charge is 0.339 e. The van der Waals surface area contributed by atoms with Gasteiger partial charge in [-0.05, 0) is 44.2 Å². The fourth-order valence-corrected chi connectivity index (χ4v) is 2.28. The summed E-state index contributed by atoms with van der Waals surface area (Å²) in [7, 11) is 0. The Morgan fingerprint density at radius 3 is 2.17 bits per heavy atom. The number of benzene rings is 1. The van der Waals surface area contributed by atoms with Crippen LogP contribution in [0.2, 0.25) is 0 Å². The van der Waals surface area contributed by atoms with Gasteiger partial charge in [-0.15, -0.1) is 0 Å². The fraction of sp³-hybridized carbons (Fsp3) is 0.579. The van der Waals surface area contributed by atoms with E-state index in [2.05, 4.69) is 13.8 Å². The Kier molecular flexibility index (Phi) is 8.38. The van der Waals surface area contributed by atoms with Crippen molar-refractivity contribution in [3.05, 3.63) is 35.4 Å². The zero-order chi connectivity index (χ0) is 17.2. The lowest BCUT2D eigenvalue weighted by molar-refractivity contribution is 0.0311. The highest BCUT2D eigenvalue weighted by atomic mass is 16.5. The molecule has 1 atom stereocenters. The summed E-state index contributed by atoms with van der Waals surface area (Å²) < 4.78 is 10.7. The Balaban J connectivity index is 2.68. The van der Waals surface area contributed by atoms with Crippen LogP contribution < -0.4 is 0 Å². The van der Waals surface area contributed by atoms with Crippen LogP contribution in [0, 0.1) is 5.92 Å². The molecule has 0 radical (unpaired) electrons. The van der Waals surface area contributed by atoms with Crippen molar-refractivity contribution in [3.63, 3.8) is 0 Å². The Labute approximate surface area is 139 Å². The van der Waals surface area contributed by atoms with Crippen molar-refractivity contribution < 1.29 is 19.1 Å². The van der Waals surface area contributed by atoms with Crippen molar-refractivity contribution in [1.29, 1.82) is 0 Å². The molecule has 0 saturated carbocycles. The largest absolute Gasteiger partial charge is 0.462 e. The Hall–Kier alpha value is -1.84. The fourth-order valence-electron chi connectivity index (χ4n) is 2.28. The van der Waals surface area contributed by atoms with Crippen LogP contribution in [0.4, 0.5) is 0 Å². The van der Waals surface area contributed by atoms with Crippen LogP contribution in [-0.4, -0.2) is 24.6 Å². The molecule has 0 aromatic heterocycles. The van der Waals surface area contributed by atoms with Crippen LogP contribution in [0.15, 0.2) is 24.3 Å². The third-order valence-electron chi connectivity index (χ3n) is 3.53. The maximum atomic E-state index is 12.2. The molecule has 0 aliphatic heterocycles. The lowest BCUT2D eigenvalue weighted by Gasteiger charge is -2.14. The lowest BCUT2D eigenvalue weighted by atomic mass is 10.1. The quantitative estimate of drug-likeness (QED) is 0.492. The average Bonchev–Trinajstić information content (AvgIpc) is 2.51. The molecule has 1 unspecified atom stereocenters. The van der Waals surface area contributed by atoms with Gasteiger partial charge in [-0.1, -0.05) is 39.3 Å². The van der Waals surface area contributed by atoms with E-state index in [9.17, 15) is 9.59 Å². The zero-order valence-electron chi connectivity index (χ0n) is 14.6. The minimum Gasteiger partial charge on any atom is -0.462 e. The van der Waals surface area contributed by atoms with Crippen molar-refractivity contribution in [1.82, 2.24) is 0 Å². The van der Waals surface area contributed by atoms with Crippen LogP contribution in [0.3, 0.4) is 0 Å². The van der Waals surface area contributed by atoms with Crippen molar-refractivity contribution in [2.45, 2.75) is 59.5 Å². The van der Waals surface area contributed by atoms with Gasteiger partial charge < -0.3 is 9.47 Å². The molecule has 128 valence electrons. The van der Waals surface area contributed by atoms with E-state index in [1.54, 1.807) is 24.3 Å². The topological polar surface area (TPSA) is 52.6 Å². The molecule has 0 spiro atoms. The van der Waals surface area contributed by atoms with Crippen molar-refractivity contribution in [3.8, 4) is 0 Å². The molecule has 0 N–H and O–H groups in total. The van der Waals surface area contributed by atoms with Crippen molar-refractivity contribution in [2.75, 3.05) is 6.61 Å². The Morgan fingerprint density at radius 2 is 1.61 bits per heavy atom. The number of rotatable bonds is 9. The summed E-state index contributed by atoms with van der Waals surface area (Å²) in [6.45, 7) is 8.52. The monoisotopic (exact) mass is 320 g/mol. The molecular formula is C19H28O4. The predicted molar refractivity (Wildman–Crippen MR) is 90.6 cm³/mol. The molecule has 4 nitrogen and oxygen atoms in total. The molecule has 1 rings (SSSR count). The van der Waals surface area contributed by atoms with E-state index in [0.29, 0.717) is 12.5 Å². The van der Waals surface area contributed by atoms with Gasteiger partial charge in [-0.2, -0.15) is 0 Å². The molecule has 1 aromatic carbocycles. The van der Waals surface area contributed by atoms with Crippen LogP contribution in [0.1, 0.15) is 74.1 Å². The Morgan fingerprint density at radius 1 is 1.00 bits per heavy atom. The minimum atomic E-state index is -0.472. The molecule has 0 aliphatic carbocycles. The third-order valence-corrected chi connectivity index (χ3v) is 3.53. The Bertz CT molecular complexity index is 508. The molecule has 0 aliphatic rings. The normalized spacial score (nSPS) is 12.0. The SMILES string of the molecule is CCCC(C)OC(=O)c1ccccc1C(=O)OCCCC(C)C. The predicted octanol–water partition coefficient (Wildman–Crippen LogP) is 4.63. The average molecular weight is 320 g/mol. The second-order valence-electron chi connectivity index (χ2n) is 6.22. The lowest BCUT2D eigenvalue weighted by Crippen LogP contribution is -2.18. The highest BCUT2D eigenvalue weighted by Gasteiger charge is 2.20. The van der Waals surface area contributed by atoms with E-state index >= 15 is 0 Å². The second-order valence-corrected chi connectivity index (χ2v) is 6.22. The van der Waals surface area contributed by atoms with Gasteiger partial charge in [-0.3, -0.25) is 0 Å². The van der Waals surface area contributed by atoms with E-state index in [0.717, 1.165) is 25.7 Å². The van der Waals surface area contributed by atoms with Gasteiger partial charge in [0.25, 0.3) is 0 Å². The second kappa shape index (κ2) is 10.0. The first-order chi connectivity index (χ1) is 11.0. The molecule has 23 heavy (non-hydrogen) atoms. The van der Waals surface area contributed by atoms with Gasteiger partial charge in [0.05, 0.1) is 23.8 Å². The molecule has 0 saturated heterocycles. The summed E-state index contributed by atoms with van der Waals surface area (Å²) >= 11 is 0. The van der Waals surface area contributed by atoms with Crippen LogP contribution >= 0.6 is 0 Å². The number of hydrogen-bond acceptors (Lipinski definition) is 4. The first-order valence-electron chi connectivity index (χ1n) is 8.42. The molecule has 1 aromatic rings. The van der Waals surface area contributed by atoms with Gasteiger partial charge in [0, 0.05) is 0 Å². The third kappa shape index (κ3) is 6.85. The molecular weight excluding hydrogens is 292 g/mol. The summed E-state index contributed by atoms with van der Waals surface area (Å²) in [6, 6.07) is 6.64.